The van der Waals surface area contributed by atoms with Crippen LogP contribution < -0.4 is 4.74 Å². The standard InChI is InChI=1S/C20H25NO5/c1-14-7-5-9-18(16(14)3)26-13-19(22)21(11-15(2)20(23)24-4)12-17-8-6-10-25-17/h5-10,15H,11-13H2,1-4H3. The van der Waals surface area contributed by atoms with E-state index in [9.17, 15) is 9.59 Å². The minimum absolute atomic E-state index is 0.112. The van der Waals surface area contributed by atoms with E-state index in [0.29, 0.717) is 11.5 Å². The molecule has 1 aromatic heterocycles. The largest absolute Gasteiger partial charge is 0.483 e. The Bertz CT molecular complexity index is 739. The minimum atomic E-state index is -0.445. The second kappa shape index (κ2) is 9.08. The SMILES string of the molecule is COC(=O)C(C)CN(Cc1ccco1)C(=O)COc1cccc(C)c1C. The molecule has 0 aliphatic rings. The zero-order valence-corrected chi connectivity index (χ0v) is 15.7. The highest BCUT2D eigenvalue weighted by Crippen LogP contribution is 2.20. The number of nitrogens with zero attached hydrogens (tertiary/aromatic N) is 1. The molecular weight excluding hydrogens is 334 g/mol. The lowest BCUT2D eigenvalue weighted by Crippen LogP contribution is -2.39. The average Bonchev–Trinajstić information content (AvgIpc) is 3.14. The highest BCUT2D eigenvalue weighted by atomic mass is 16.5. The first kappa shape index (κ1) is 19.6. The second-order valence-corrected chi connectivity index (χ2v) is 6.26. The number of carbonyl (C=O) groups is 2. The van der Waals surface area contributed by atoms with Crippen molar-refractivity contribution in [1.82, 2.24) is 4.90 Å². The van der Waals surface area contributed by atoms with Gasteiger partial charge in [0, 0.05) is 6.54 Å². The Morgan fingerprint density at radius 3 is 2.62 bits per heavy atom. The van der Waals surface area contributed by atoms with Gasteiger partial charge in [-0.15, -0.1) is 0 Å². The molecule has 1 aromatic carbocycles. The first-order chi connectivity index (χ1) is 12.4. The molecular formula is C20H25NO5. The molecule has 6 heteroatoms. The summed E-state index contributed by atoms with van der Waals surface area (Å²) in [5, 5.41) is 0. The summed E-state index contributed by atoms with van der Waals surface area (Å²) in [5.41, 5.74) is 2.10. The molecule has 0 fully saturated rings. The number of esters is 1. The van der Waals surface area contributed by atoms with Crippen LogP contribution in [0.25, 0.3) is 0 Å². The number of benzene rings is 1. The average molecular weight is 359 g/mol. The number of methoxy groups -OCH3 is 1. The molecule has 2 rings (SSSR count). The van der Waals surface area contributed by atoms with Gasteiger partial charge in [-0.05, 0) is 43.2 Å². The van der Waals surface area contributed by atoms with Crippen molar-refractivity contribution in [3.63, 3.8) is 0 Å². The van der Waals surface area contributed by atoms with Gasteiger partial charge < -0.3 is 18.8 Å². The third kappa shape index (κ3) is 5.12. The fourth-order valence-electron chi connectivity index (χ4n) is 2.56. The van der Waals surface area contributed by atoms with Crippen LogP contribution in [0.4, 0.5) is 0 Å². The van der Waals surface area contributed by atoms with Gasteiger partial charge in [0.15, 0.2) is 6.61 Å². The lowest BCUT2D eigenvalue weighted by Gasteiger charge is -2.24. The molecule has 1 unspecified atom stereocenters. The van der Waals surface area contributed by atoms with Crippen LogP contribution in [0, 0.1) is 19.8 Å². The van der Waals surface area contributed by atoms with Crippen molar-refractivity contribution in [2.45, 2.75) is 27.3 Å². The van der Waals surface area contributed by atoms with Crippen LogP contribution >= 0.6 is 0 Å². The van der Waals surface area contributed by atoms with Gasteiger partial charge in [-0.1, -0.05) is 19.1 Å². The third-order valence-electron chi connectivity index (χ3n) is 4.28. The monoisotopic (exact) mass is 359 g/mol. The molecule has 0 aliphatic heterocycles. The Labute approximate surface area is 153 Å². The third-order valence-corrected chi connectivity index (χ3v) is 4.28. The Hall–Kier alpha value is -2.76. The van der Waals surface area contributed by atoms with Crippen LogP contribution in [-0.4, -0.2) is 37.0 Å². The Morgan fingerprint density at radius 2 is 1.96 bits per heavy atom. The number of amides is 1. The van der Waals surface area contributed by atoms with Gasteiger partial charge in [0.1, 0.15) is 11.5 Å². The lowest BCUT2D eigenvalue weighted by molar-refractivity contribution is -0.147. The normalized spacial score (nSPS) is 11.7. The van der Waals surface area contributed by atoms with Crippen LogP contribution in [-0.2, 0) is 20.9 Å². The zero-order chi connectivity index (χ0) is 19.1. The predicted octanol–water partition coefficient (Wildman–Crippen LogP) is 3.11. The molecule has 1 atom stereocenters. The van der Waals surface area contributed by atoms with Crippen molar-refractivity contribution in [3.05, 3.63) is 53.5 Å². The molecule has 0 N–H and O–H groups in total. The second-order valence-electron chi connectivity index (χ2n) is 6.26. The van der Waals surface area contributed by atoms with Gasteiger partial charge in [-0.2, -0.15) is 0 Å². The van der Waals surface area contributed by atoms with Crippen LogP contribution in [0.1, 0.15) is 23.8 Å². The van der Waals surface area contributed by atoms with Crippen molar-refractivity contribution in [1.29, 1.82) is 0 Å². The quantitative estimate of drug-likeness (QED) is 0.678. The molecule has 26 heavy (non-hydrogen) atoms. The molecule has 0 aliphatic carbocycles. The molecule has 0 saturated heterocycles. The molecule has 1 amide bonds. The van der Waals surface area contributed by atoms with Crippen molar-refractivity contribution in [2.75, 3.05) is 20.3 Å². The van der Waals surface area contributed by atoms with E-state index in [1.807, 2.05) is 32.0 Å². The van der Waals surface area contributed by atoms with E-state index in [2.05, 4.69) is 0 Å². The Morgan fingerprint density at radius 1 is 1.19 bits per heavy atom. The molecule has 0 saturated carbocycles. The highest BCUT2D eigenvalue weighted by Gasteiger charge is 2.23. The summed E-state index contributed by atoms with van der Waals surface area (Å²) in [6.45, 7) is 6.05. The van der Waals surface area contributed by atoms with Gasteiger partial charge in [0.25, 0.3) is 5.91 Å². The van der Waals surface area contributed by atoms with Gasteiger partial charge >= 0.3 is 5.97 Å². The Kier molecular flexibility index (Phi) is 6.83. The van der Waals surface area contributed by atoms with E-state index in [1.165, 1.54) is 7.11 Å². The smallest absolute Gasteiger partial charge is 0.310 e. The number of hydrogen-bond donors (Lipinski definition) is 0. The van der Waals surface area contributed by atoms with E-state index in [-0.39, 0.29) is 31.6 Å². The lowest BCUT2D eigenvalue weighted by atomic mass is 10.1. The van der Waals surface area contributed by atoms with E-state index in [4.69, 9.17) is 13.9 Å². The first-order valence-corrected chi connectivity index (χ1v) is 8.49. The molecule has 0 bridgehead atoms. The number of hydrogen-bond acceptors (Lipinski definition) is 5. The Balaban J connectivity index is 2.06. The summed E-state index contributed by atoms with van der Waals surface area (Å²) in [6.07, 6.45) is 1.55. The van der Waals surface area contributed by atoms with Crippen molar-refractivity contribution in [3.8, 4) is 5.75 Å². The maximum Gasteiger partial charge on any atom is 0.310 e. The number of furan rings is 1. The maximum atomic E-state index is 12.7. The summed E-state index contributed by atoms with van der Waals surface area (Å²) in [4.78, 5) is 26.0. The zero-order valence-electron chi connectivity index (χ0n) is 15.7. The van der Waals surface area contributed by atoms with Gasteiger partial charge in [-0.3, -0.25) is 9.59 Å². The molecule has 6 nitrogen and oxygen atoms in total. The number of ether oxygens (including phenoxy) is 2. The first-order valence-electron chi connectivity index (χ1n) is 8.49. The molecule has 0 radical (unpaired) electrons. The fraction of sp³-hybridized carbons (Fsp3) is 0.400. The van der Waals surface area contributed by atoms with Gasteiger partial charge in [0.05, 0.1) is 25.8 Å². The van der Waals surface area contributed by atoms with Crippen molar-refractivity contribution in [2.24, 2.45) is 5.92 Å². The summed E-state index contributed by atoms with van der Waals surface area (Å²) in [6, 6.07) is 9.26. The number of aryl methyl sites for hydroxylation is 1. The summed E-state index contributed by atoms with van der Waals surface area (Å²) in [5.74, 6) is 0.287. The van der Waals surface area contributed by atoms with Crippen molar-refractivity contribution < 1.29 is 23.5 Å². The van der Waals surface area contributed by atoms with Crippen molar-refractivity contribution >= 4 is 11.9 Å². The number of rotatable bonds is 8. The highest BCUT2D eigenvalue weighted by molar-refractivity contribution is 5.79. The summed E-state index contributed by atoms with van der Waals surface area (Å²) in [7, 11) is 1.33. The summed E-state index contributed by atoms with van der Waals surface area (Å²) >= 11 is 0. The molecule has 2 aromatic rings. The summed E-state index contributed by atoms with van der Waals surface area (Å²) < 4.78 is 15.8. The maximum absolute atomic E-state index is 12.7. The molecule has 1 heterocycles. The molecule has 140 valence electrons. The van der Waals surface area contributed by atoms with Gasteiger partial charge in [0.2, 0.25) is 0 Å². The number of carbonyl (C=O) groups excluding carboxylic acids is 2. The van der Waals surface area contributed by atoms with Crippen LogP contribution in [0.2, 0.25) is 0 Å². The van der Waals surface area contributed by atoms with E-state index in [1.54, 1.807) is 30.2 Å². The van der Waals surface area contributed by atoms with E-state index < -0.39 is 5.92 Å². The predicted molar refractivity (Wildman–Crippen MR) is 96.7 cm³/mol. The van der Waals surface area contributed by atoms with E-state index in [0.717, 1.165) is 11.1 Å². The minimum Gasteiger partial charge on any atom is -0.483 e. The van der Waals surface area contributed by atoms with Crippen LogP contribution in [0.15, 0.2) is 41.0 Å². The fourth-order valence-corrected chi connectivity index (χ4v) is 2.56. The van der Waals surface area contributed by atoms with Crippen LogP contribution in [0.3, 0.4) is 0 Å². The molecule has 0 spiro atoms. The van der Waals surface area contributed by atoms with Gasteiger partial charge in [-0.25, -0.2) is 0 Å². The van der Waals surface area contributed by atoms with Crippen LogP contribution in [0.5, 0.6) is 5.75 Å². The topological polar surface area (TPSA) is 69.0 Å². The van der Waals surface area contributed by atoms with E-state index >= 15 is 0 Å².